The third-order valence-electron chi connectivity index (χ3n) is 2.68. The van der Waals surface area contributed by atoms with E-state index in [4.69, 9.17) is 0 Å². The van der Waals surface area contributed by atoms with Gasteiger partial charge in [-0.2, -0.15) is 5.10 Å². The van der Waals surface area contributed by atoms with Crippen LogP contribution < -0.4 is 10.7 Å². The molecule has 2 N–H and O–H groups in total. The molecule has 1 heterocycles. The molecule has 0 aromatic heterocycles. The van der Waals surface area contributed by atoms with Crippen molar-refractivity contribution in [3.05, 3.63) is 29.6 Å². The molecule has 5 nitrogen and oxygen atoms in total. The topological polar surface area (TPSA) is 70.6 Å². The van der Waals surface area contributed by atoms with Crippen LogP contribution in [0.5, 0.6) is 0 Å². The Bertz CT molecular complexity index is 540. The number of amides is 2. The summed E-state index contributed by atoms with van der Waals surface area (Å²) < 4.78 is 13.3. The second-order valence-electron chi connectivity index (χ2n) is 3.96. The van der Waals surface area contributed by atoms with Gasteiger partial charge in [0.2, 0.25) is 5.91 Å². The van der Waals surface area contributed by atoms with Crippen molar-refractivity contribution >= 4 is 23.2 Å². The maximum Gasteiger partial charge on any atom is 0.271 e. The monoisotopic (exact) mass is 249 g/mol. The van der Waals surface area contributed by atoms with E-state index in [2.05, 4.69) is 15.8 Å². The van der Waals surface area contributed by atoms with Gasteiger partial charge in [0.1, 0.15) is 11.5 Å². The van der Waals surface area contributed by atoms with Gasteiger partial charge in [-0.05, 0) is 19.1 Å². The molecule has 2 rings (SSSR count). The van der Waals surface area contributed by atoms with Gasteiger partial charge in [0, 0.05) is 24.1 Å². The normalized spacial score (nSPS) is 14.8. The number of rotatable bonds is 2. The van der Waals surface area contributed by atoms with Crippen molar-refractivity contribution in [1.82, 2.24) is 5.43 Å². The van der Waals surface area contributed by atoms with Crippen molar-refractivity contribution in [1.29, 1.82) is 0 Å². The molecule has 0 saturated carbocycles. The molecule has 6 heteroatoms. The first-order valence-electron chi connectivity index (χ1n) is 5.50. The first-order chi connectivity index (χ1) is 8.58. The lowest BCUT2D eigenvalue weighted by Crippen LogP contribution is -2.32. The molecule has 0 saturated heterocycles. The second kappa shape index (κ2) is 4.95. The summed E-state index contributed by atoms with van der Waals surface area (Å²) in [5, 5.41) is 6.24. The molecule has 1 aromatic carbocycles. The second-order valence-corrected chi connectivity index (χ2v) is 3.96. The summed E-state index contributed by atoms with van der Waals surface area (Å²) in [6, 6.07) is 4.45. The number of nitrogens with one attached hydrogen (secondary N) is 2. The molecule has 0 bridgehead atoms. The van der Waals surface area contributed by atoms with Crippen molar-refractivity contribution in [2.24, 2.45) is 5.10 Å². The van der Waals surface area contributed by atoms with Crippen molar-refractivity contribution in [2.45, 2.75) is 19.8 Å². The zero-order chi connectivity index (χ0) is 13.1. The molecule has 94 valence electrons. The number of anilines is 1. The Morgan fingerprint density at radius 1 is 1.44 bits per heavy atom. The lowest BCUT2D eigenvalue weighted by Gasteiger charge is -2.13. The summed E-state index contributed by atoms with van der Waals surface area (Å²) in [4.78, 5) is 22.7. The van der Waals surface area contributed by atoms with Gasteiger partial charge in [-0.3, -0.25) is 9.59 Å². The first kappa shape index (κ1) is 12.2. The molecular formula is C12H12FN3O2. The van der Waals surface area contributed by atoms with Crippen LogP contribution in [0.2, 0.25) is 0 Å². The summed E-state index contributed by atoms with van der Waals surface area (Å²) in [5.41, 5.74) is 3.24. The lowest BCUT2D eigenvalue weighted by molar-refractivity contribution is -0.121. The predicted molar refractivity (Wildman–Crippen MR) is 64.6 cm³/mol. The molecule has 0 fully saturated rings. The lowest BCUT2D eigenvalue weighted by atomic mass is 10.1. The quantitative estimate of drug-likeness (QED) is 0.830. The van der Waals surface area contributed by atoms with E-state index in [0.29, 0.717) is 11.3 Å². The standard InChI is InChI=1S/C12H12FN3O2/c1-7-8(13)3-2-4-9(7)14-12(18)10-5-6-11(17)16-15-10/h2-4H,5-6H2,1H3,(H,14,18)(H,16,17). The Kier molecular flexibility index (Phi) is 3.36. The van der Waals surface area contributed by atoms with Gasteiger partial charge < -0.3 is 5.32 Å². The Morgan fingerprint density at radius 2 is 2.22 bits per heavy atom. The van der Waals surface area contributed by atoms with E-state index in [0.717, 1.165) is 0 Å². The van der Waals surface area contributed by atoms with Gasteiger partial charge in [0.05, 0.1) is 0 Å². The predicted octanol–water partition coefficient (Wildman–Crippen LogP) is 1.34. The summed E-state index contributed by atoms with van der Waals surface area (Å²) in [6.07, 6.45) is 0.514. The molecule has 0 radical (unpaired) electrons. The minimum atomic E-state index is -0.427. The summed E-state index contributed by atoms with van der Waals surface area (Å²) in [6.45, 7) is 1.58. The maximum absolute atomic E-state index is 13.3. The van der Waals surface area contributed by atoms with Crippen LogP contribution >= 0.6 is 0 Å². The Balaban J connectivity index is 2.12. The van der Waals surface area contributed by atoms with E-state index in [1.54, 1.807) is 13.0 Å². The summed E-state index contributed by atoms with van der Waals surface area (Å²) in [7, 11) is 0. The van der Waals surface area contributed by atoms with Crippen LogP contribution in [-0.2, 0) is 9.59 Å². The Morgan fingerprint density at radius 3 is 2.89 bits per heavy atom. The van der Waals surface area contributed by atoms with Crippen LogP contribution in [0, 0.1) is 12.7 Å². The third-order valence-corrected chi connectivity index (χ3v) is 2.68. The van der Waals surface area contributed by atoms with Crippen molar-refractivity contribution in [3.63, 3.8) is 0 Å². The molecule has 0 spiro atoms. The summed E-state index contributed by atoms with van der Waals surface area (Å²) in [5.74, 6) is -1.02. The molecule has 18 heavy (non-hydrogen) atoms. The van der Waals surface area contributed by atoms with Gasteiger partial charge in [0.15, 0.2) is 0 Å². The fourth-order valence-electron chi connectivity index (χ4n) is 1.58. The van der Waals surface area contributed by atoms with E-state index < -0.39 is 5.91 Å². The van der Waals surface area contributed by atoms with Gasteiger partial charge in [-0.25, -0.2) is 9.82 Å². The highest BCUT2D eigenvalue weighted by molar-refractivity contribution is 6.43. The fraction of sp³-hybridized carbons (Fsp3) is 0.250. The number of hydrazone groups is 1. The summed E-state index contributed by atoms with van der Waals surface area (Å²) >= 11 is 0. The van der Waals surface area contributed by atoms with Crippen LogP contribution in [0.1, 0.15) is 18.4 Å². The number of hydrogen-bond donors (Lipinski definition) is 2. The number of hydrogen-bond acceptors (Lipinski definition) is 3. The van der Waals surface area contributed by atoms with Gasteiger partial charge in [-0.15, -0.1) is 0 Å². The van der Waals surface area contributed by atoms with Crippen LogP contribution in [0.15, 0.2) is 23.3 Å². The SMILES string of the molecule is Cc1c(F)cccc1NC(=O)C1=NNC(=O)CC1. The fourth-order valence-corrected chi connectivity index (χ4v) is 1.58. The van der Waals surface area contributed by atoms with E-state index in [9.17, 15) is 14.0 Å². The van der Waals surface area contributed by atoms with Crippen molar-refractivity contribution < 1.29 is 14.0 Å². The zero-order valence-corrected chi connectivity index (χ0v) is 9.79. The number of carbonyl (C=O) groups excluding carboxylic acids is 2. The van der Waals surface area contributed by atoms with E-state index >= 15 is 0 Å². The Labute approximate surface area is 103 Å². The average molecular weight is 249 g/mol. The molecule has 1 aromatic rings. The van der Waals surface area contributed by atoms with E-state index in [1.807, 2.05) is 0 Å². The number of nitrogens with zero attached hydrogens (tertiary/aromatic N) is 1. The van der Waals surface area contributed by atoms with Crippen LogP contribution in [-0.4, -0.2) is 17.5 Å². The maximum atomic E-state index is 13.3. The van der Waals surface area contributed by atoms with Crippen LogP contribution in [0.25, 0.3) is 0 Å². The van der Waals surface area contributed by atoms with Gasteiger partial charge in [0.25, 0.3) is 5.91 Å². The molecule has 0 aliphatic carbocycles. The average Bonchev–Trinajstić information content (AvgIpc) is 2.36. The first-order valence-corrected chi connectivity index (χ1v) is 5.50. The largest absolute Gasteiger partial charge is 0.321 e. The van der Waals surface area contributed by atoms with Gasteiger partial charge in [-0.1, -0.05) is 6.07 Å². The zero-order valence-electron chi connectivity index (χ0n) is 9.79. The molecular weight excluding hydrogens is 237 g/mol. The minimum Gasteiger partial charge on any atom is -0.321 e. The van der Waals surface area contributed by atoms with Crippen LogP contribution in [0.3, 0.4) is 0 Å². The highest BCUT2D eigenvalue weighted by atomic mass is 19.1. The molecule has 0 atom stereocenters. The molecule has 0 unspecified atom stereocenters. The van der Waals surface area contributed by atoms with E-state index in [1.165, 1.54) is 12.1 Å². The van der Waals surface area contributed by atoms with Gasteiger partial charge >= 0.3 is 0 Å². The Hall–Kier alpha value is -2.24. The minimum absolute atomic E-state index is 0.214. The molecule has 2 amide bonds. The van der Waals surface area contributed by atoms with Crippen LogP contribution in [0.4, 0.5) is 10.1 Å². The molecule has 1 aliphatic heterocycles. The third kappa shape index (κ3) is 2.53. The molecule has 1 aliphatic rings. The number of carbonyl (C=O) groups is 2. The number of benzene rings is 1. The van der Waals surface area contributed by atoms with Crippen molar-refractivity contribution in [2.75, 3.05) is 5.32 Å². The smallest absolute Gasteiger partial charge is 0.271 e. The highest BCUT2D eigenvalue weighted by Gasteiger charge is 2.19. The highest BCUT2D eigenvalue weighted by Crippen LogP contribution is 2.17. The van der Waals surface area contributed by atoms with E-state index in [-0.39, 0.29) is 30.3 Å². The van der Waals surface area contributed by atoms with Crippen molar-refractivity contribution in [3.8, 4) is 0 Å². The number of halogens is 1.